The first-order valence-corrected chi connectivity index (χ1v) is 9.09. The summed E-state index contributed by atoms with van der Waals surface area (Å²) in [5.74, 6) is -0.339. The molecule has 0 N–H and O–H groups in total. The standard InChI is InChI=1S/C20H28N2O4/c1-15-5-6-17(13-16(15)2)14-19(24)22-10-4-9-21(11-12-22)18(23)7-8-20(25)26-3/h5-6,13H,4,7-12,14H2,1-3H3. The molecule has 2 rings (SSSR count). The van der Waals surface area contributed by atoms with Crippen molar-refractivity contribution >= 4 is 17.8 Å². The number of benzene rings is 1. The van der Waals surface area contributed by atoms with Crippen LogP contribution in [0.15, 0.2) is 18.2 Å². The number of methoxy groups -OCH3 is 1. The average Bonchev–Trinajstić information content (AvgIpc) is 2.88. The number of carbonyl (C=O) groups excluding carboxylic acids is 3. The molecule has 1 aromatic carbocycles. The first-order valence-electron chi connectivity index (χ1n) is 9.09. The number of rotatable bonds is 5. The maximum atomic E-state index is 12.6. The molecule has 6 heteroatoms. The summed E-state index contributed by atoms with van der Waals surface area (Å²) >= 11 is 0. The normalized spacial score (nSPS) is 14.7. The quantitative estimate of drug-likeness (QED) is 0.752. The Kier molecular flexibility index (Phi) is 7.18. The van der Waals surface area contributed by atoms with E-state index < -0.39 is 0 Å². The number of ether oxygens (including phenoxy) is 1. The van der Waals surface area contributed by atoms with Crippen molar-refractivity contribution in [3.63, 3.8) is 0 Å². The minimum Gasteiger partial charge on any atom is -0.469 e. The van der Waals surface area contributed by atoms with E-state index in [1.807, 2.05) is 24.0 Å². The van der Waals surface area contributed by atoms with E-state index in [0.717, 1.165) is 12.0 Å². The molecular formula is C20H28N2O4. The van der Waals surface area contributed by atoms with Gasteiger partial charge in [0.05, 0.1) is 20.0 Å². The number of esters is 1. The molecule has 1 saturated heterocycles. The Morgan fingerprint density at radius 2 is 1.58 bits per heavy atom. The van der Waals surface area contributed by atoms with Crippen LogP contribution in [0.1, 0.15) is 36.0 Å². The Hall–Kier alpha value is -2.37. The van der Waals surface area contributed by atoms with E-state index in [-0.39, 0.29) is 30.6 Å². The Balaban J connectivity index is 1.86. The van der Waals surface area contributed by atoms with Crippen molar-refractivity contribution < 1.29 is 19.1 Å². The lowest BCUT2D eigenvalue weighted by Crippen LogP contribution is -2.38. The highest BCUT2D eigenvalue weighted by molar-refractivity contribution is 5.82. The van der Waals surface area contributed by atoms with Gasteiger partial charge < -0.3 is 14.5 Å². The third-order valence-electron chi connectivity index (χ3n) is 4.90. The molecule has 6 nitrogen and oxygen atoms in total. The molecule has 0 unspecified atom stereocenters. The van der Waals surface area contributed by atoms with Gasteiger partial charge in [-0.3, -0.25) is 14.4 Å². The fourth-order valence-electron chi connectivity index (χ4n) is 3.09. The van der Waals surface area contributed by atoms with Gasteiger partial charge in [0.2, 0.25) is 11.8 Å². The number of amides is 2. The molecule has 1 heterocycles. The highest BCUT2D eigenvalue weighted by Crippen LogP contribution is 2.13. The van der Waals surface area contributed by atoms with Crippen LogP contribution in [0.4, 0.5) is 0 Å². The Morgan fingerprint density at radius 3 is 2.19 bits per heavy atom. The van der Waals surface area contributed by atoms with E-state index in [0.29, 0.717) is 32.6 Å². The van der Waals surface area contributed by atoms with Crippen LogP contribution in [0.5, 0.6) is 0 Å². The van der Waals surface area contributed by atoms with Gasteiger partial charge >= 0.3 is 5.97 Å². The molecule has 2 amide bonds. The van der Waals surface area contributed by atoms with Gasteiger partial charge in [-0.1, -0.05) is 18.2 Å². The van der Waals surface area contributed by atoms with Gasteiger partial charge in [0.25, 0.3) is 0 Å². The van der Waals surface area contributed by atoms with E-state index in [2.05, 4.69) is 17.7 Å². The zero-order valence-electron chi connectivity index (χ0n) is 15.9. The summed E-state index contributed by atoms with van der Waals surface area (Å²) < 4.78 is 4.57. The largest absolute Gasteiger partial charge is 0.469 e. The molecule has 0 aromatic heterocycles. The van der Waals surface area contributed by atoms with Gasteiger partial charge in [-0.15, -0.1) is 0 Å². The molecule has 0 spiro atoms. The predicted molar refractivity (Wildman–Crippen MR) is 98.6 cm³/mol. The van der Waals surface area contributed by atoms with Gasteiger partial charge in [0.1, 0.15) is 0 Å². The maximum Gasteiger partial charge on any atom is 0.306 e. The molecule has 0 bridgehead atoms. The van der Waals surface area contributed by atoms with Gasteiger partial charge in [0, 0.05) is 32.6 Å². The number of aryl methyl sites for hydroxylation is 2. The molecule has 1 aliphatic rings. The lowest BCUT2D eigenvalue weighted by Gasteiger charge is -2.22. The molecular weight excluding hydrogens is 332 g/mol. The van der Waals surface area contributed by atoms with E-state index >= 15 is 0 Å². The summed E-state index contributed by atoms with van der Waals surface area (Å²) in [5.41, 5.74) is 3.43. The summed E-state index contributed by atoms with van der Waals surface area (Å²) in [6, 6.07) is 6.11. The number of hydrogen-bond donors (Lipinski definition) is 0. The number of nitrogens with zero attached hydrogens (tertiary/aromatic N) is 2. The first kappa shape index (κ1) is 19.9. The zero-order chi connectivity index (χ0) is 19.1. The molecule has 1 aliphatic heterocycles. The van der Waals surface area contributed by atoms with Crippen molar-refractivity contribution in [1.29, 1.82) is 0 Å². The van der Waals surface area contributed by atoms with Crippen LogP contribution < -0.4 is 0 Å². The van der Waals surface area contributed by atoms with Gasteiger partial charge in [0.15, 0.2) is 0 Å². The lowest BCUT2D eigenvalue weighted by molar-refractivity contribution is -0.143. The van der Waals surface area contributed by atoms with Crippen LogP contribution in [0, 0.1) is 13.8 Å². The molecule has 1 aromatic rings. The Labute approximate surface area is 155 Å². The fourth-order valence-corrected chi connectivity index (χ4v) is 3.09. The second-order valence-corrected chi connectivity index (χ2v) is 6.79. The van der Waals surface area contributed by atoms with E-state index in [1.165, 1.54) is 18.2 Å². The van der Waals surface area contributed by atoms with Gasteiger partial charge in [-0.25, -0.2) is 0 Å². The minimum atomic E-state index is -0.377. The summed E-state index contributed by atoms with van der Waals surface area (Å²) in [6.45, 7) is 6.43. The van der Waals surface area contributed by atoms with Crippen molar-refractivity contribution in [1.82, 2.24) is 9.80 Å². The highest BCUT2D eigenvalue weighted by atomic mass is 16.5. The first-order chi connectivity index (χ1) is 12.4. The van der Waals surface area contributed by atoms with Crippen LogP contribution in [0.3, 0.4) is 0 Å². The van der Waals surface area contributed by atoms with E-state index in [1.54, 1.807) is 4.90 Å². The predicted octanol–water partition coefficient (Wildman–Crippen LogP) is 1.86. The molecule has 142 valence electrons. The minimum absolute atomic E-state index is 0.0566. The molecule has 26 heavy (non-hydrogen) atoms. The summed E-state index contributed by atoms with van der Waals surface area (Å²) in [6.07, 6.45) is 1.39. The van der Waals surface area contributed by atoms with Crippen molar-refractivity contribution in [3.8, 4) is 0 Å². The summed E-state index contributed by atoms with van der Waals surface area (Å²) in [7, 11) is 1.32. The summed E-state index contributed by atoms with van der Waals surface area (Å²) in [4.78, 5) is 39.6. The average molecular weight is 360 g/mol. The zero-order valence-corrected chi connectivity index (χ0v) is 15.9. The Morgan fingerprint density at radius 1 is 0.923 bits per heavy atom. The Bertz CT molecular complexity index is 672. The molecule has 0 saturated carbocycles. The number of hydrogen-bond acceptors (Lipinski definition) is 4. The fraction of sp³-hybridized carbons (Fsp3) is 0.550. The monoisotopic (exact) mass is 360 g/mol. The van der Waals surface area contributed by atoms with Crippen LogP contribution >= 0.6 is 0 Å². The molecule has 1 fully saturated rings. The second kappa shape index (κ2) is 9.36. The third-order valence-corrected chi connectivity index (χ3v) is 4.90. The third kappa shape index (κ3) is 5.58. The van der Waals surface area contributed by atoms with Gasteiger partial charge in [-0.05, 0) is 37.0 Å². The van der Waals surface area contributed by atoms with Crippen LogP contribution in [0.25, 0.3) is 0 Å². The maximum absolute atomic E-state index is 12.6. The van der Waals surface area contributed by atoms with Crippen molar-refractivity contribution in [2.45, 2.75) is 39.5 Å². The topological polar surface area (TPSA) is 66.9 Å². The highest BCUT2D eigenvalue weighted by Gasteiger charge is 2.22. The van der Waals surface area contributed by atoms with Gasteiger partial charge in [-0.2, -0.15) is 0 Å². The van der Waals surface area contributed by atoms with Crippen molar-refractivity contribution in [2.24, 2.45) is 0 Å². The number of carbonyl (C=O) groups is 3. The SMILES string of the molecule is COC(=O)CCC(=O)N1CCCN(C(=O)Cc2ccc(C)c(C)c2)CC1. The molecule has 0 aliphatic carbocycles. The summed E-state index contributed by atoms with van der Waals surface area (Å²) in [5, 5.41) is 0. The van der Waals surface area contributed by atoms with Crippen molar-refractivity contribution in [3.05, 3.63) is 34.9 Å². The van der Waals surface area contributed by atoms with E-state index in [9.17, 15) is 14.4 Å². The lowest BCUT2D eigenvalue weighted by atomic mass is 10.0. The van der Waals surface area contributed by atoms with Crippen LogP contribution in [-0.2, 0) is 25.5 Å². The van der Waals surface area contributed by atoms with Crippen LogP contribution in [0.2, 0.25) is 0 Å². The molecule has 0 radical (unpaired) electrons. The van der Waals surface area contributed by atoms with Crippen LogP contribution in [-0.4, -0.2) is 60.9 Å². The van der Waals surface area contributed by atoms with E-state index in [4.69, 9.17) is 0 Å². The second-order valence-electron chi connectivity index (χ2n) is 6.79. The van der Waals surface area contributed by atoms with Crippen molar-refractivity contribution in [2.75, 3.05) is 33.3 Å². The smallest absolute Gasteiger partial charge is 0.306 e. The molecule has 0 atom stereocenters.